The molecule has 0 radical (unpaired) electrons. The maximum absolute atomic E-state index is 13.5. The summed E-state index contributed by atoms with van der Waals surface area (Å²) >= 11 is 0. The van der Waals surface area contributed by atoms with Gasteiger partial charge in [-0.25, -0.2) is 4.39 Å². The molecular weight excluding hydrogens is 281 g/mol. The van der Waals surface area contributed by atoms with Gasteiger partial charge in [0.05, 0.1) is 12.6 Å². The number of halogens is 1. The quantitative estimate of drug-likeness (QED) is 0.864. The maximum Gasteiger partial charge on any atom is 0.255 e. The van der Waals surface area contributed by atoms with Gasteiger partial charge in [0.25, 0.3) is 5.91 Å². The largest absolute Gasteiger partial charge is 0.497 e. The van der Waals surface area contributed by atoms with Gasteiger partial charge >= 0.3 is 0 Å². The average molecular weight is 299 g/mol. The lowest BCUT2D eigenvalue weighted by Crippen LogP contribution is -2.38. The predicted molar refractivity (Wildman–Crippen MR) is 82.3 cm³/mol. The first-order valence-electron chi connectivity index (χ1n) is 7.18. The van der Waals surface area contributed by atoms with E-state index in [-0.39, 0.29) is 11.7 Å². The summed E-state index contributed by atoms with van der Waals surface area (Å²) in [6.07, 6.45) is 0. The van der Waals surface area contributed by atoms with Gasteiger partial charge < -0.3 is 9.64 Å². The molecule has 0 saturated heterocycles. The highest BCUT2D eigenvalue weighted by atomic mass is 19.1. The molecule has 0 aliphatic carbocycles. The van der Waals surface area contributed by atoms with E-state index in [0.29, 0.717) is 12.1 Å². The number of methoxy groups -OCH3 is 1. The van der Waals surface area contributed by atoms with E-state index < -0.39 is 5.54 Å². The molecular formula is C18H18FNO2. The number of rotatable bonds is 3. The number of ether oxygens (including phenoxy) is 1. The van der Waals surface area contributed by atoms with Crippen LogP contribution in [0.25, 0.3) is 0 Å². The van der Waals surface area contributed by atoms with Crippen molar-refractivity contribution in [2.24, 2.45) is 0 Å². The number of nitrogens with zero attached hydrogens (tertiary/aromatic N) is 1. The zero-order valence-electron chi connectivity index (χ0n) is 12.9. The van der Waals surface area contributed by atoms with Crippen LogP contribution in [0.15, 0.2) is 42.5 Å². The number of hydrogen-bond acceptors (Lipinski definition) is 2. The summed E-state index contributed by atoms with van der Waals surface area (Å²) in [5.74, 6) is 0.405. The minimum Gasteiger partial charge on any atom is -0.497 e. The Hall–Kier alpha value is -2.36. The van der Waals surface area contributed by atoms with Crippen molar-refractivity contribution in [3.63, 3.8) is 0 Å². The SMILES string of the molecule is COc1ccc(CN2C(=O)c3ccc(F)cc3C2(C)C)cc1. The number of hydrogen-bond donors (Lipinski definition) is 0. The molecule has 2 aromatic rings. The summed E-state index contributed by atoms with van der Waals surface area (Å²) < 4.78 is 18.7. The van der Waals surface area contributed by atoms with Crippen molar-refractivity contribution in [1.29, 1.82) is 0 Å². The van der Waals surface area contributed by atoms with Crippen molar-refractivity contribution >= 4 is 5.91 Å². The van der Waals surface area contributed by atoms with Gasteiger partial charge in [-0.2, -0.15) is 0 Å². The Morgan fingerprint density at radius 2 is 1.82 bits per heavy atom. The van der Waals surface area contributed by atoms with Gasteiger partial charge in [-0.1, -0.05) is 12.1 Å². The Labute approximate surface area is 129 Å². The third kappa shape index (κ3) is 2.25. The van der Waals surface area contributed by atoms with E-state index in [1.807, 2.05) is 38.1 Å². The molecule has 0 aromatic heterocycles. The molecule has 3 rings (SSSR count). The Morgan fingerprint density at radius 3 is 2.45 bits per heavy atom. The minimum absolute atomic E-state index is 0.0594. The van der Waals surface area contributed by atoms with Crippen molar-refractivity contribution in [2.45, 2.75) is 25.9 Å². The van der Waals surface area contributed by atoms with E-state index in [4.69, 9.17) is 4.74 Å². The highest BCUT2D eigenvalue weighted by molar-refractivity contribution is 5.99. The highest BCUT2D eigenvalue weighted by Gasteiger charge is 2.42. The van der Waals surface area contributed by atoms with Gasteiger partial charge in [0.1, 0.15) is 11.6 Å². The van der Waals surface area contributed by atoms with Gasteiger partial charge in [-0.15, -0.1) is 0 Å². The fraction of sp³-hybridized carbons (Fsp3) is 0.278. The van der Waals surface area contributed by atoms with Crippen LogP contribution in [0.5, 0.6) is 5.75 Å². The van der Waals surface area contributed by atoms with Gasteiger partial charge in [-0.3, -0.25) is 4.79 Å². The van der Waals surface area contributed by atoms with Gasteiger partial charge in [-0.05, 0) is 55.3 Å². The predicted octanol–water partition coefficient (Wildman–Crippen LogP) is 3.73. The van der Waals surface area contributed by atoms with Gasteiger partial charge in [0, 0.05) is 12.1 Å². The van der Waals surface area contributed by atoms with Crippen LogP contribution in [0.2, 0.25) is 0 Å². The third-order valence-electron chi connectivity index (χ3n) is 4.29. The second-order valence-corrected chi connectivity index (χ2v) is 5.99. The van der Waals surface area contributed by atoms with Gasteiger partial charge in [0.15, 0.2) is 0 Å². The summed E-state index contributed by atoms with van der Waals surface area (Å²) in [6, 6.07) is 12.0. The first kappa shape index (κ1) is 14.6. The summed E-state index contributed by atoms with van der Waals surface area (Å²) in [4.78, 5) is 14.4. The molecule has 1 aliphatic heterocycles. The fourth-order valence-corrected chi connectivity index (χ4v) is 2.94. The Kier molecular flexibility index (Phi) is 3.39. The van der Waals surface area contributed by atoms with Crippen LogP contribution < -0.4 is 4.74 Å². The van der Waals surface area contributed by atoms with Crippen LogP contribution in [-0.4, -0.2) is 17.9 Å². The monoisotopic (exact) mass is 299 g/mol. The van der Waals surface area contributed by atoms with E-state index in [9.17, 15) is 9.18 Å². The molecule has 3 nitrogen and oxygen atoms in total. The number of carbonyl (C=O) groups is 1. The number of benzene rings is 2. The molecule has 22 heavy (non-hydrogen) atoms. The first-order chi connectivity index (χ1) is 10.4. The summed E-state index contributed by atoms with van der Waals surface area (Å²) in [5.41, 5.74) is 1.80. The van der Waals surface area contributed by atoms with Crippen LogP contribution in [0.1, 0.15) is 35.3 Å². The second-order valence-electron chi connectivity index (χ2n) is 5.99. The Morgan fingerprint density at radius 1 is 1.14 bits per heavy atom. The molecule has 4 heteroatoms. The zero-order valence-corrected chi connectivity index (χ0v) is 12.9. The Balaban J connectivity index is 1.93. The Bertz CT molecular complexity index is 722. The lowest BCUT2D eigenvalue weighted by atomic mass is 9.93. The lowest BCUT2D eigenvalue weighted by Gasteiger charge is -2.32. The summed E-state index contributed by atoms with van der Waals surface area (Å²) in [5, 5.41) is 0. The molecule has 0 spiro atoms. The summed E-state index contributed by atoms with van der Waals surface area (Å²) in [7, 11) is 1.62. The third-order valence-corrected chi connectivity index (χ3v) is 4.29. The van der Waals surface area contributed by atoms with Crippen molar-refractivity contribution in [2.75, 3.05) is 7.11 Å². The molecule has 1 aliphatic rings. The minimum atomic E-state index is -0.533. The molecule has 0 unspecified atom stereocenters. The lowest BCUT2D eigenvalue weighted by molar-refractivity contribution is 0.0595. The van der Waals surface area contributed by atoms with Crippen LogP contribution in [0, 0.1) is 5.82 Å². The average Bonchev–Trinajstić information content (AvgIpc) is 2.69. The number of carbonyl (C=O) groups excluding carboxylic acids is 1. The van der Waals surface area contributed by atoms with Crippen molar-refractivity contribution in [3.8, 4) is 5.75 Å². The van der Waals surface area contributed by atoms with Crippen LogP contribution in [0.3, 0.4) is 0 Å². The van der Waals surface area contributed by atoms with Crippen LogP contribution in [0.4, 0.5) is 4.39 Å². The smallest absolute Gasteiger partial charge is 0.255 e. The molecule has 1 amide bonds. The van der Waals surface area contributed by atoms with Crippen LogP contribution >= 0.6 is 0 Å². The number of fused-ring (bicyclic) bond motifs is 1. The van der Waals surface area contributed by atoms with E-state index in [0.717, 1.165) is 16.9 Å². The van der Waals surface area contributed by atoms with Crippen LogP contribution in [-0.2, 0) is 12.1 Å². The van der Waals surface area contributed by atoms with E-state index in [1.54, 1.807) is 18.1 Å². The molecule has 0 saturated carbocycles. The first-order valence-corrected chi connectivity index (χ1v) is 7.18. The maximum atomic E-state index is 13.5. The van der Waals surface area contributed by atoms with Crippen molar-refractivity contribution < 1.29 is 13.9 Å². The topological polar surface area (TPSA) is 29.5 Å². The van der Waals surface area contributed by atoms with Crippen molar-refractivity contribution in [3.05, 3.63) is 65.0 Å². The van der Waals surface area contributed by atoms with E-state index in [1.165, 1.54) is 12.1 Å². The molecule has 0 N–H and O–H groups in total. The molecule has 0 bridgehead atoms. The molecule has 2 aromatic carbocycles. The molecule has 0 atom stereocenters. The van der Waals surface area contributed by atoms with Crippen molar-refractivity contribution in [1.82, 2.24) is 4.90 Å². The normalized spacial score (nSPS) is 15.8. The fourth-order valence-electron chi connectivity index (χ4n) is 2.94. The van der Waals surface area contributed by atoms with Gasteiger partial charge in [0.2, 0.25) is 0 Å². The standard InChI is InChI=1S/C18H18FNO2/c1-18(2)16-10-13(19)6-9-15(16)17(21)20(18)11-12-4-7-14(22-3)8-5-12/h4-10H,11H2,1-3H3. The molecule has 0 fully saturated rings. The zero-order chi connectivity index (χ0) is 15.9. The number of amides is 1. The summed E-state index contributed by atoms with van der Waals surface area (Å²) in [6.45, 7) is 4.37. The van der Waals surface area contributed by atoms with E-state index >= 15 is 0 Å². The van der Waals surface area contributed by atoms with E-state index in [2.05, 4.69) is 0 Å². The molecule has 1 heterocycles. The second kappa shape index (κ2) is 5.13. The highest BCUT2D eigenvalue weighted by Crippen LogP contribution is 2.39. The molecule has 114 valence electrons.